The molecule has 140 valence electrons. The zero-order valence-electron chi connectivity index (χ0n) is 15.6. The van der Waals surface area contributed by atoms with Crippen LogP contribution in [0.2, 0.25) is 0 Å². The molecule has 2 aromatic carbocycles. The van der Waals surface area contributed by atoms with Crippen LogP contribution in [0.5, 0.6) is 0 Å². The molecule has 2 aromatic rings. The van der Waals surface area contributed by atoms with E-state index in [1.807, 2.05) is 37.3 Å². The van der Waals surface area contributed by atoms with E-state index in [-0.39, 0.29) is 24.7 Å². The fourth-order valence-corrected chi connectivity index (χ4v) is 3.31. The molecular formula is C22H23NO4. The number of nitrogens with zero attached hydrogens (tertiary/aromatic N) is 1. The molecule has 5 nitrogen and oxygen atoms in total. The molecule has 0 aromatic heterocycles. The van der Waals surface area contributed by atoms with Gasteiger partial charge in [0.2, 0.25) is 11.7 Å². The Labute approximate surface area is 158 Å². The number of esters is 1. The quantitative estimate of drug-likeness (QED) is 0.580. The van der Waals surface area contributed by atoms with Crippen molar-refractivity contribution >= 4 is 23.3 Å². The summed E-state index contributed by atoms with van der Waals surface area (Å²) in [7, 11) is 0. The van der Waals surface area contributed by atoms with Crippen LogP contribution in [0.3, 0.4) is 0 Å². The number of amides is 1. The van der Waals surface area contributed by atoms with Crippen LogP contribution in [0, 0.1) is 12.8 Å². The van der Waals surface area contributed by atoms with Gasteiger partial charge in [0.15, 0.2) is 6.10 Å². The lowest BCUT2D eigenvalue weighted by Crippen LogP contribution is -2.32. The van der Waals surface area contributed by atoms with Crippen LogP contribution in [0.1, 0.15) is 35.7 Å². The zero-order chi connectivity index (χ0) is 19.4. The number of Topliss-reactive ketones (excluding diaryl/α,β-unsaturated/α-hetero) is 1. The molecule has 1 aliphatic heterocycles. The van der Waals surface area contributed by atoms with Crippen LogP contribution in [-0.2, 0) is 14.3 Å². The first-order valence-corrected chi connectivity index (χ1v) is 9.17. The van der Waals surface area contributed by atoms with Gasteiger partial charge in [-0.25, -0.2) is 0 Å². The van der Waals surface area contributed by atoms with Crippen LogP contribution in [0.4, 0.5) is 5.69 Å². The number of carbonyl (C=O) groups is 3. The van der Waals surface area contributed by atoms with Crippen molar-refractivity contribution < 1.29 is 19.1 Å². The van der Waals surface area contributed by atoms with Crippen molar-refractivity contribution in [3.05, 3.63) is 65.7 Å². The SMILES string of the molecule is CC[C@@H](OC(=O)[C@H]1CC(=O)N(c2ccccc2C)C1)C(=O)c1ccccc1. The second kappa shape index (κ2) is 8.16. The van der Waals surface area contributed by atoms with Gasteiger partial charge in [0.05, 0.1) is 5.92 Å². The summed E-state index contributed by atoms with van der Waals surface area (Å²) >= 11 is 0. The maximum atomic E-state index is 12.6. The van der Waals surface area contributed by atoms with E-state index in [9.17, 15) is 14.4 Å². The Morgan fingerprint density at radius 3 is 2.44 bits per heavy atom. The molecule has 1 fully saturated rings. The third kappa shape index (κ3) is 4.08. The maximum Gasteiger partial charge on any atom is 0.312 e. The lowest BCUT2D eigenvalue weighted by molar-refractivity contribution is -0.151. The van der Waals surface area contributed by atoms with Crippen LogP contribution in [-0.4, -0.2) is 30.3 Å². The lowest BCUT2D eigenvalue weighted by Gasteiger charge is -2.20. The highest BCUT2D eigenvalue weighted by Gasteiger charge is 2.38. The third-order valence-electron chi connectivity index (χ3n) is 4.84. The molecule has 0 aliphatic carbocycles. The second-order valence-electron chi connectivity index (χ2n) is 6.76. The molecule has 27 heavy (non-hydrogen) atoms. The molecule has 0 N–H and O–H groups in total. The summed E-state index contributed by atoms with van der Waals surface area (Å²) in [6.07, 6.45) is -0.340. The number of carbonyl (C=O) groups excluding carboxylic acids is 3. The highest BCUT2D eigenvalue weighted by atomic mass is 16.5. The van der Waals surface area contributed by atoms with Gasteiger partial charge in [0.1, 0.15) is 0 Å². The molecule has 5 heteroatoms. The zero-order valence-corrected chi connectivity index (χ0v) is 15.6. The topological polar surface area (TPSA) is 63.7 Å². The first-order valence-electron chi connectivity index (χ1n) is 9.17. The highest BCUT2D eigenvalue weighted by molar-refractivity contribution is 6.02. The van der Waals surface area contributed by atoms with Gasteiger partial charge in [-0.05, 0) is 25.0 Å². The molecule has 1 saturated heterocycles. The predicted molar refractivity (Wildman–Crippen MR) is 103 cm³/mol. The van der Waals surface area contributed by atoms with Gasteiger partial charge in [-0.15, -0.1) is 0 Å². The summed E-state index contributed by atoms with van der Waals surface area (Å²) < 4.78 is 5.50. The van der Waals surface area contributed by atoms with E-state index in [1.165, 1.54) is 0 Å². The van der Waals surface area contributed by atoms with E-state index < -0.39 is 18.0 Å². The Hall–Kier alpha value is -2.95. The summed E-state index contributed by atoms with van der Waals surface area (Å²) in [5.41, 5.74) is 2.30. The molecule has 1 amide bonds. The summed E-state index contributed by atoms with van der Waals surface area (Å²) in [6.45, 7) is 4.01. The van der Waals surface area contributed by atoms with Crippen molar-refractivity contribution in [1.29, 1.82) is 0 Å². The third-order valence-corrected chi connectivity index (χ3v) is 4.84. The minimum Gasteiger partial charge on any atom is -0.454 e. The van der Waals surface area contributed by atoms with E-state index in [4.69, 9.17) is 4.74 Å². The molecule has 0 unspecified atom stereocenters. The van der Waals surface area contributed by atoms with E-state index in [0.717, 1.165) is 11.3 Å². The van der Waals surface area contributed by atoms with Crippen molar-refractivity contribution in [2.24, 2.45) is 5.92 Å². The van der Waals surface area contributed by atoms with Gasteiger partial charge in [-0.1, -0.05) is 55.5 Å². The smallest absolute Gasteiger partial charge is 0.312 e. The van der Waals surface area contributed by atoms with Crippen molar-refractivity contribution in [1.82, 2.24) is 0 Å². The van der Waals surface area contributed by atoms with E-state index in [0.29, 0.717) is 12.0 Å². The average molecular weight is 365 g/mol. The number of aryl methyl sites for hydroxylation is 1. The molecule has 1 aliphatic rings. The molecule has 0 saturated carbocycles. The van der Waals surface area contributed by atoms with Gasteiger partial charge in [0.25, 0.3) is 0 Å². The minimum absolute atomic E-state index is 0.100. The van der Waals surface area contributed by atoms with Gasteiger partial charge >= 0.3 is 5.97 Å². The normalized spacial score (nSPS) is 17.6. The summed E-state index contributed by atoms with van der Waals surface area (Å²) in [5.74, 6) is -1.37. The number of rotatable bonds is 6. The van der Waals surface area contributed by atoms with Crippen molar-refractivity contribution in [3.8, 4) is 0 Å². The minimum atomic E-state index is -0.831. The van der Waals surface area contributed by atoms with Crippen LogP contribution >= 0.6 is 0 Å². The monoisotopic (exact) mass is 365 g/mol. The van der Waals surface area contributed by atoms with Crippen LogP contribution in [0.15, 0.2) is 54.6 Å². The number of benzene rings is 2. The molecule has 0 radical (unpaired) electrons. The second-order valence-corrected chi connectivity index (χ2v) is 6.76. The lowest BCUT2D eigenvalue weighted by atomic mass is 10.0. The fourth-order valence-electron chi connectivity index (χ4n) is 3.31. The molecule has 1 heterocycles. The number of hydrogen-bond donors (Lipinski definition) is 0. The number of anilines is 1. The molecular weight excluding hydrogens is 342 g/mol. The number of hydrogen-bond acceptors (Lipinski definition) is 4. The summed E-state index contributed by atoms with van der Waals surface area (Å²) in [5, 5.41) is 0. The number of ketones is 1. The highest BCUT2D eigenvalue weighted by Crippen LogP contribution is 2.28. The van der Waals surface area contributed by atoms with Gasteiger partial charge < -0.3 is 9.64 Å². The first-order chi connectivity index (χ1) is 13.0. The largest absolute Gasteiger partial charge is 0.454 e. The van der Waals surface area contributed by atoms with Crippen molar-refractivity contribution in [2.75, 3.05) is 11.4 Å². The summed E-state index contributed by atoms with van der Waals surface area (Å²) in [6, 6.07) is 16.4. The Kier molecular flexibility index (Phi) is 5.69. The van der Waals surface area contributed by atoms with E-state index in [2.05, 4.69) is 0 Å². The van der Waals surface area contributed by atoms with E-state index in [1.54, 1.807) is 36.1 Å². The Bertz CT molecular complexity index is 846. The molecule has 0 spiro atoms. The van der Waals surface area contributed by atoms with Crippen molar-refractivity contribution in [3.63, 3.8) is 0 Å². The van der Waals surface area contributed by atoms with Gasteiger partial charge in [0, 0.05) is 24.2 Å². The van der Waals surface area contributed by atoms with E-state index >= 15 is 0 Å². The standard InChI is InChI=1S/C22H23NO4/c1-3-19(21(25)16-10-5-4-6-11-16)27-22(26)17-13-20(24)23(14-17)18-12-8-7-9-15(18)2/h4-12,17,19H,3,13-14H2,1-2H3/t17-,19+/m0/s1. The molecule has 3 rings (SSSR count). The first kappa shape index (κ1) is 18.8. The average Bonchev–Trinajstić information content (AvgIpc) is 3.08. The molecule has 0 bridgehead atoms. The van der Waals surface area contributed by atoms with Crippen LogP contribution in [0.25, 0.3) is 0 Å². The van der Waals surface area contributed by atoms with Crippen LogP contribution < -0.4 is 4.90 Å². The Morgan fingerprint density at radius 1 is 1.11 bits per heavy atom. The fraction of sp³-hybridized carbons (Fsp3) is 0.318. The van der Waals surface area contributed by atoms with Crippen molar-refractivity contribution in [2.45, 2.75) is 32.8 Å². The number of ether oxygens (including phenoxy) is 1. The Balaban J connectivity index is 1.68. The predicted octanol–water partition coefficient (Wildman–Crippen LogP) is 3.55. The van der Waals surface area contributed by atoms with Gasteiger partial charge in [-0.2, -0.15) is 0 Å². The maximum absolute atomic E-state index is 12.6. The van der Waals surface area contributed by atoms with Gasteiger partial charge in [-0.3, -0.25) is 14.4 Å². The molecule has 2 atom stereocenters. The Morgan fingerprint density at radius 2 is 1.78 bits per heavy atom. The number of para-hydroxylation sites is 1. The summed E-state index contributed by atoms with van der Waals surface area (Å²) in [4.78, 5) is 39.2.